The molecule has 0 aromatic heterocycles. The maximum Gasteiger partial charge on any atom is 0.238 e. The third-order valence-corrected chi connectivity index (χ3v) is 8.42. The van der Waals surface area contributed by atoms with E-state index in [0.717, 1.165) is 21.2 Å². The predicted octanol–water partition coefficient (Wildman–Crippen LogP) is 5.56. The van der Waals surface area contributed by atoms with Crippen LogP contribution in [-0.4, -0.2) is 11.8 Å². The zero-order valence-electron chi connectivity index (χ0n) is 17.4. The van der Waals surface area contributed by atoms with E-state index in [1.807, 2.05) is 25.1 Å². The second kappa shape index (κ2) is 6.52. The highest BCUT2D eigenvalue weighted by molar-refractivity contribution is 14.1. The number of benzene rings is 3. The summed E-state index contributed by atoms with van der Waals surface area (Å²) < 4.78 is 1.10. The number of hydrogen-bond acceptors (Lipinski definition) is 2. The summed E-state index contributed by atoms with van der Waals surface area (Å²) in [6.07, 6.45) is 0.785. The first-order valence-corrected chi connectivity index (χ1v) is 11.9. The molecule has 1 aliphatic heterocycles. The number of anilines is 1. The number of aryl methyl sites for hydroxylation is 1. The molecule has 0 spiro atoms. The Morgan fingerprint density at radius 2 is 1.52 bits per heavy atom. The molecule has 0 unspecified atom stereocenters. The van der Waals surface area contributed by atoms with E-state index in [1.165, 1.54) is 27.2 Å². The zero-order chi connectivity index (χ0) is 21.5. The number of imide groups is 1. The van der Waals surface area contributed by atoms with Crippen LogP contribution in [0, 0.1) is 22.3 Å². The zero-order valence-corrected chi connectivity index (χ0v) is 19.6. The van der Waals surface area contributed by atoms with E-state index in [0.29, 0.717) is 0 Å². The van der Waals surface area contributed by atoms with E-state index in [1.54, 1.807) is 0 Å². The van der Waals surface area contributed by atoms with Crippen LogP contribution in [0.5, 0.6) is 0 Å². The Morgan fingerprint density at radius 3 is 2.10 bits per heavy atom. The van der Waals surface area contributed by atoms with Gasteiger partial charge in [-0.2, -0.15) is 0 Å². The van der Waals surface area contributed by atoms with Crippen LogP contribution in [0.1, 0.15) is 47.1 Å². The fourth-order valence-corrected chi connectivity index (χ4v) is 7.28. The first kappa shape index (κ1) is 19.2. The van der Waals surface area contributed by atoms with E-state index in [2.05, 4.69) is 78.0 Å². The summed E-state index contributed by atoms with van der Waals surface area (Å²) in [4.78, 5) is 29.5. The molecule has 2 bridgehead atoms. The monoisotopic (exact) mass is 519 g/mol. The SMILES string of the molecule is CCC12c3ccccc3C(c3ccccc31)[C@@H]1C(=O)N(c3ccc(I)cc3C)C(=O)[C@@H]12. The quantitative estimate of drug-likeness (QED) is 0.329. The molecule has 1 heterocycles. The highest BCUT2D eigenvalue weighted by atomic mass is 127. The second-order valence-electron chi connectivity index (χ2n) is 8.92. The maximum atomic E-state index is 14.1. The number of carbonyl (C=O) groups is 2. The van der Waals surface area contributed by atoms with Crippen LogP contribution in [0.15, 0.2) is 66.7 Å². The van der Waals surface area contributed by atoms with Crippen molar-refractivity contribution in [3.8, 4) is 0 Å². The molecule has 2 atom stereocenters. The normalized spacial score (nSPS) is 27.8. The third-order valence-electron chi connectivity index (χ3n) is 7.75. The minimum Gasteiger partial charge on any atom is -0.274 e. The lowest BCUT2D eigenvalue weighted by atomic mass is 9.46. The number of halogens is 1. The summed E-state index contributed by atoms with van der Waals surface area (Å²) in [6.45, 7) is 4.14. The summed E-state index contributed by atoms with van der Waals surface area (Å²) >= 11 is 2.27. The highest BCUT2D eigenvalue weighted by Gasteiger charge is 2.67. The molecule has 0 saturated carbocycles. The molecule has 0 radical (unpaired) electrons. The Balaban J connectivity index is 1.64. The Hall–Kier alpha value is -2.47. The van der Waals surface area contributed by atoms with E-state index < -0.39 is 5.41 Å². The Kier molecular flexibility index (Phi) is 4.04. The van der Waals surface area contributed by atoms with Gasteiger partial charge in [-0.1, -0.05) is 55.5 Å². The lowest BCUT2D eigenvalue weighted by molar-refractivity contribution is -0.123. The van der Waals surface area contributed by atoms with E-state index >= 15 is 0 Å². The number of amides is 2. The van der Waals surface area contributed by atoms with E-state index in [-0.39, 0.29) is 29.6 Å². The second-order valence-corrected chi connectivity index (χ2v) is 10.2. The van der Waals surface area contributed by atoms with Gasteiger partial charge in [0.25, 0.3) is 0 Å². The number of nitrogens with zero attached hydrogens (tertiary/aromatic N) is 1. The van der Waals surface area contributed by atoms with Crippen molar-refractivity contribution in [1.29, 1.82) is 0 Å². The first-order chi connectivity index (χ1) is 15.0. The van der Waals surface area contributed by atoms with Gasteiger partial charge < -0.3 is 0 Å². The first-order valence-electron chi connectivity index (χ1n) is 10.8. The van der Waals surface area contributed by atoms with Gasteiger partial charge in [0.05, 0.1) is 17.5 Å². The molecule has 7 rings (SSSR count). The number of hydrogen-bond donors (Lipinski definition) is 0. The maximum absolute atomic E-state index is 14.1. The van der Waals surface area contributed by atoms with Crippen molar-refractivity contribution in [2.24, 2.45) is 11.8 Å². The molecule has 3 aromatic rings. The van der Waals surface area contributed by atoms with Crippen molar-refractivity contribution in [2.45, 2.75) is 31.6 Å². The van der Waals surface area contributed by atoms with Crippen molar-refractivity contribution >= 4 is 40.1 Å². The molecule has 31 heavy (non-hydrogen) atoms. The van der Waals surface area contributed by atoms with Crippen molar-refractivity contribution in [3.05, 3.63) is 98.1 Å². The molecule has 2 amide bonds. The minimum atomic E-state index is -0.467. The molecule has 3 nitrogen and oxygen atoms in total. The summed E-state index contributed by atoms with van der Waals surface area (Å²) in [5, 5.41) is 0. The average Bonchev–Trinajstić information content (AvgIpc) is 3.05. The van der Waals surface area contributed by atoms with Gasteiger partial charge in [-0.05, 0) is 82.0 Å². The fourth-order valence-electron chi connectivity index (χ4n) is 6.64. The van der Waals surface area contributed by atoms with E-state index in [9.17, 15) is 9.59 Å². The number of rotatable bonds is 2. The Morgan fingerprint density at radius 1 is 0.903 bits per heavy atom. The predicted molar refractivity (Wildman–Crippen MR) is 129 cm³/mol. The van der Waals surface area contributed by atoms with Gasteiger partial charge in [-0.15, -0.1) is 0 Å². The Bertz CT molecular complexity index is 1230. The van der Waals surface area contributed by atoms with Gasteiger partial charge in [0.1, 0.15) is 0 Å². The van der Waals surface area contributed by atoms with Crippen LogP contribution < -0.4 is 4.90 Å². The summed E-state index contributed by atoms with van der Waals surface area (Å²) in [5.41, 5.74) is 6.10. The van der Waals surface area contributed by atoms with Gasteiger partial charge in [0.15, 0.2) is 0 Å². The van der Waals surface area contributed by atoms with Crippen molar-refractivity contribution < 1.29 is 9.59 Å². The Labute approximate surface area is 195 Å². The molecule has 1 saturated heterocycles. The van der Waals surface area contributed by atoms with Crippen LogP contribution in [0.25, 0.3) is 0 Å². The van der Waals surface area contributed by atoms with Crippen LogP contribution in [0.4, 0.5) is 5.69 Å². The van der Waals surface area contributed by atoms with Gasteiger partial charge in [-0.25, -0.2) is 4.90 Å². The molecule has 3 aliphatic carbocycles. The fraction of sp³-hybridized carbons (Fsp3) is 0.259. The lowest BCUT2D eigenvalue weighted by Crippen LogP contribution is -2.53. The lowest BCUT2D eigenvalue weighted by Gasteiger charge is -2.54. The molecular weight excluding hydrogens is 497 g/mol. The van der Waals surface area contributed by atoms with Crippen LogP contribution in [0.2, 0.25) is 0 Å². The van der Waals surface area contributed by atoms with Gasteiger partial charge in [-0.3, -0.25) is 9.59 Å². The van der Waals surface area contributed by atoms with Crippen molar-refractivity contribution in [3.63, 3.8) is 0 Å². The van der Waals surface area contributed by atoms with Crippen LogP contribution in [0.3, 0.4) is 0 Å². The summed E-state index contributed by atoms with van der Waals surface area (Å²) in [5.74, 6) is -0.882. The van der Waals surface area contributed by atoms with Gasteiger partial charge >= 0.3 is 0 Å². The smallest absolute Gasteiger partial charge is 0.238 e. The highest BCUT2D eigenvalue weighted by Crippen LogP contribution is 2.65. The summed E-state index contributed by atoms with van der Waals surface area (Å²) in [6, 6.07) is 22.8. The van der Waals surface area contributed by atoms with Gasteiger partial charge in [0.2, 0.25) is 11.8 Å². The summed E-state index contributed by atoms with van der Waals surface area (Å²) in [7, 11) is 0. The van der Waals surface area contributed by atoms with Crippen LogP contribution >= 0.6 is 22.6 Å². The minimum absolute atomic E-state index is 0.0461. The van der Waals surface area contributed by atoms with E-state index in [4.69, 9.17) is 0 Å². The average molecular weight is 519 g/mol. The third kappa shape index (κ3) is 2.24. The van der Waals surface area contributed by atoms with Crippen LogP contribution in [-0.2, 0) is 15.0 Å². The number of carbonyl (C=O) groups excluding carboxylic acids is 2. The topological polar surface area (TPSA) is 37.4 Å². The van der Waals surface area contributed by atoms with Crippen molar-refractivity contribution in [1.82, 2.24) is 0 Å². The molecule has 3 aromatic carbocycles. The molecule has 0 N–H and O–H groups in total. The van der Waals surface area contributed by atoms with Gasteiger partial charge in [0, 0.05) is 14.9 Å². The molecule has 154 valence electrons. The molecule has 1 fully saturated rings. The standard InChI is InChI=1S/C27H22INO2/c1-3-27-19-10-6-4-8-17(19)22(18-9-5-7-11-20(18)27)23-24(27)26(31)29(25(23)30)21-13-12-16(28)14-15(21)2/h4-14,22-24H,3H2,1-2H3/t22?,23-,24+,27?/m0/s1. The molecule has 4 aliphatic rings. The largest absolute Gasteiger partial charge is 0.274 e. The van der Waals surface area contributed by atoms with Crippen molar-refractivity contribution in [2.75, 3.05) is 4.90 Å². The molecular formula is C27H22INO2. The molecule has 4 heteroatoms.